The van der Waals surface area contributed by atoms with E-state index in [-0.39, 0.29) is 0 Å². The van der Waals surface area contributed by atoms with Crippen LogP contribution in [0.3, 0.4) is 0 Å². The lowest BCUT2D eigenvalue weighted by molar-refractivity contribution is 0.630. The van der Waals surface area contributed by atoms with E-state index in [1.165, 1.54) is 10.4 Å². The van der Waals surface area contributed by atoms with E-state index >= 15 is 0 Å². The molecule has 0 saturated carbocycles. The summed E-state index contributed by atoms with van der Waals surface area (Å²) in [6.45, 7) is 4.44. The van der Waals surface area contributed by atoms with Crippen molar-refractivity contribution in [2.24, 2.45) is 13.0 Å². The van der Waals surface area contributed by atoms with E-state index in [1.807, 2.05) is 0 Å². The van der Waals surface area contributed by atoms with Crippen LogP contribution in [0.25, 0.3) is 11.4 Å². The minimum atomic E-state index is 0.679. The molecule has 4 heteroatoms. The van der Waals surface area contributed by atoms with Gasteiger partial charge in [-0.1, -0.05) is 38.1 Å². The highest BCUT2D eigenvalue weighted by Crippen LogP contribution is 2.16. The molecule has 0 N–H and O–H groups in total. The van der Waals surface area contributed by atoms with Crippen LogP contribution < -0.4 is 0 Å². The number of nitrogens with zero attached hydrogens (tertiary/aromatic N) is 4. The van der Waals surface area contributed by atoms with Crippen LogP contribution in [-0.2, 0) is 13.5 Å². The first kappa shape index (κ1) is 10.8. The third kappa shape index (κ3) is 2.45. The van der Waals surface area contributed by atoms with Crippen LogP contribution in [0.2, 0.25) is 0 Å². The van der Waals surface area contributed by atoms with Crippen molar-refractivity contribution in [2.75, 3.05) is 0 Å². The molecule has 0 atom stereocenters. The lowest BCUT2D eigenvalue weighted by Crippen LogP contribution is -1.94. The summed E-state index contributed by atoms with van der Waals surface area (Å²) in [4.78, 5) is 1.47. The zero-order chi connectivity index (χ0) is 11.5. The first-order chi connectivity index (χ1) is 7.65. The van der Waals surface area contributed by atoms with E-state index in [0.29, 0.717) is 11.7 Å². The smallest absolute Gasteiger partial charge is 0.167 e. The van der Waals surface area contributed by atoms with Crippen LogP contribution >= 0.6 is 0 Å². The first-order valence-corrected chi connectivity index (χ1v) is 5.48. The number of hydrogen-bond donors (Lipinski definition) is 0. The number of tetrazole rings is 1. The van der Waals surface area contributed by atoms with E-state index in [0.717, 1.165) is 12.0 Å². The molecule has 0 saturated heterocycles. The molecule has 1 aromatic carbocycles. The molecule has 0 unspecified atom stereocenters. The molecule has 1 aromatic heterocycles. The average Bonchev–Trinajstić information content (AvgIpc) is 2.65. The quantitative estimate of drug-likeness (QED) is 0.789. The fourth-order valence-electron chi connectivity index (χ4n) is 1.66. The topological polar surface area (TPSA) is 43.6 Å². The first-order valence-electron chi connectivity index (χ1n) is 5.48. The minimum Gasteiger partial charge on any atom is -0.167 e. The van der Waals surface area contributed by atoms with Gasteiger partial charge in [0.15, 0.2) is 0 Å². The molecule has 0 aliphatic heterocycles. The lowest BCUT2D eigenvalue weighted by Gasteiger charge is -2.04. The minimum absolute atomic E-state index is 0.679. The predicted molar refractivity (Wildman–Crippen MR) is 62.8 cm³/mol. The highest BCUT2D eigenvalue weighted by atomic mass is 15.6. The molecule has 2 aromatic rings. The van der Waals surface area contributed by atoms with Crippen molar-refractivity contribution in [3.05, 3.63) is 29.8 Å². The fourth-order valence-corrected chi connectivity index (χ4v) is 1.66. The maximum absolute atomic E-state index is 4.17. The summed E-state index contributed by atoms with van der Waals surface area (Å²) in [5, 5.41) is 12.0. The third-order valence-electron chi connectivity index (χ3n) is 2.36. The van der Waals surface area contributed by atoms with Crippen molar-refractivity contribution in [2.45, 2.75) is 20.3 Å². The van der Waals surface area contributed by atoms with Crippen molar-refractivity contribution in [3.63, 3.8) is 0 Å². The van der Waals surface area contributed by atoms with Crippen molar-refractivity contribution < 1.29 is 0 Å². The largest absolute Gasteiger partial charge is 0.204 e. The summed E-state index contributed by atoms with van der Waals surface area (Å²) < 4.78 is 0. The monoisotopic (exact) mass is 216 g/mol. The average molecular weight is 216 g/mol. The van der Waals surface area contributed by atoms with Crippen molar-refractivity contribution in [1.82, 2.24) is 20.2 Å². The van der Waals surface area contributed by atoms with Gasteiger partial charge in [-0.2, -0.15) is 4.80 Å². The molecule has 1 heterocycles. The second-order valence-electron chi connectivity index (χ2n) is 4.40. The van der Waals surface area contributed by atoms with Crippen molar-refractivity contribution >= 4 is 0 Å². The maximum atomic E-state index is 4.17. The van der Waals surface area contributed by atoms with Crippen LogP contribution in [0.15, 0.2) is 24.3 Å². The van der Waals surface area contributed by atoms with Crippen LogP contribution in [0.1, 0.15) is 19.4 Å². The molecule has 0 spiro atoms. The SMILES string of the molecule is CC(C)Cc1ccc(-c2nnn(C)n2)cc1. The Kier molecular flexibility index (Phi) is 2.99. The summed E-state index contributed by atoms with van der Waals surface area (Å²) in [5.41, 5.74) is 2.36. The second-order valence-corrected chi connectivity index (χ2v) is 4.40. The highest BCUT2D eigenvalue weighted by Gasteiger charge is 2.04. The standard InChI is InChI=1S/C12H16N4/c1-9(2)8-10-4-6-11(7-5-10)12-13-15-16(3)14-12/h4-7,9H,8H2,1-3H3. The summed E-state index contributed by atoms with van der Waals surface area (Å²) in [6.07, 6.45) is 1.11. The molecule has 0 aliphatic rings. The Hall–Kier alpha value is -1.71. The van der Waals surface area contributed by atoms with Gasteiger partial charge >= 0.3 is 0 Å². The van der Waals surface area contributed by atoms with E-state index < -0.39 is 0 Å². The van der Waals surface area contributed by atoms with Crippen LogP contribution in [0, 0.1) is 5.92 Å². The lowest BCUT2D eigenvalue weighted by atomic mass is 10.0. The molecule has 4 nitrogen and oxygen atoms in total. The Morgan fingerprint density at radius 1 is 1.19 bits per heavy atom. The molecular formula is C12H16N4. The Morgan fingerprint density at radius 2 is 1.88 bits per heavy atom. The normalized spacial score (nSPS) is 11.0. The maximum Gasteiger partial charge on any atom is 0.204 e. The zero-order valence-corrected chi connectivity index (χ0v) is 9.88. The van der Waals surface area contributed by atoms with Gasteiger partial charge in [-0.3, -0.25) is 0 Å². The van der Waals surface area contributed by atoms with Gasteiger partial charge in [0.2, 0.25) is 5.82 Å². The third-order valence-corrected chi connectivity index (χ3v) is 2.36. The number of rotatable bonds is 3. The van der Waals surface area contributed by atoms with Crippen molar-refractivity contribution in [3.8, 4) is 11.4 Å². The van der Waals surface area contributed by atoms with Crippen LogP contribution in [0.5, 0.6) is 0 Å². The zero-order valence-electron chi connectivity index (χ0n) is 9.88. The molecule has 16 heavy (non-hydrogen) atoms. The summed E-state index contributed by atoms with van der Waals surface area (Å²) in [7, 11) is 1.77. The molecule has 84 valence electrons. The summed E-state index contributed by atoms with van der Waals surface area (Å²) >= 11 is 0. The van der Waals surface area contributed by atoms with E-state index in [4.69, 9.17) is 0 Å². The molecule has 0 amide bonds. The van der Waals surface area contributed by atoms with Crippen molar-refractivity contribution in [1.29, 1.82) is 0 Å². The number of hydrogen-bond acceptors (Lipinski definition) is 3. The number of benzene rings is 1. The van der Waals surface area contributed by atoms with Gasteiger partial charge < -0.3 is 0 Å². The van der Waals surface area contributed by atoms with Gasteiger partial charge in [0.05, 0.1) is 7.05 Å². The Morgan fingerprint density at radius 3 is 2.38 bits per heavy atom. The number of aryl methyl sites for hydroxylation is 1. The molecule has 0 radical (unpaired) electrons. The molecule has 2 rings (SSSR count). The van der Waals surface area contributed by atoms with Crippen LogP contribution in [0.4, 0.5) is 0 Å². The van der Waals surface area contributed by atoms with Gasteiger partial charge in [-0.25, -0.2) is 0 Å². The Balaban J connectivity index is 2.19. The van der Waals surface area contributed by atoms with Gasteiger partial charge in [-0.15, -0.1) is 10.2 Å². The van der Waals surface area contributed by atoms with E-state index in [9.17, 15) is 0 Å². The molecular weight excluding hydrogens is 200 g/mol. The second kappa shape index (κ2) is 4.43. The fraction of sp³-hybridized carbons (Fsp3) is 0.417. The molecule has 0 aliphatic carbocycles. The van der Waals surface area contributed by atoms with E-state index in [1.54, 1.807) is 7.05 Å². The summed E-state index contributed by atoms with van der Waals surface area (Å²) in [5.74, 6) is 1.36. The number of aromatic nitrogens is 4. The van der Waals surface area contributed by atoms with Gasteiger partial charge in [0.25, 0.3) is 0 Å². The molecule has 0 bridgehead atoms. The predicted octanol–water partition coefficient (Wildman–Crippen LogP) is 2.08. The van der Waals surface area contributed by atoms with E-state index in [2.05, 4.69) is 53.5 Å². The van der Waals surface area contributed by atoms with Gasteiger partial charge in [-0.05, 0) is 23.1 Å². The Bertz CT molecular complexity index is 456. The summed E-state index contributed by atoms with van der Waals surface area (Å²) in [6, 6.07) is 8.36. The highest BCUT2D eigenvalue weighted by molar-refractivity contribution is 5.54. The van der Waals surface area contributed by atoms with Gasteiger partial charge in [0, 0.05) is 5.56 Å². The molecule has 0 fully saturated rings. The van der Waals surface area contributed by atoms with Crippen LogP contribution in [-0.4, -0.2) is 20.2 Å². The van der Waals surface area contributed by atoms with Gasteiger partial charge in [0.1, 0.15) is 0 Å². The Labute approximate surface area is 95.3 Å².